The average Bonchev–Trinajstić information content (AvgIpc) is 2.87. The summed E-state index contributed by atoms with van der Waals surface area (Å²) in [7, 11) is 0. The van der Waals surface area contributed by atoms with E-state index in [1.807, 2.05) is 0 Å². The molecule has 0 radical (unpaired) electrons. The molecule has 0 bridgehead atoms. The Bertz CT molecular complexity index is 1020. The van der Waals surface area contributed by atoms with E-state index in [1.165, 1.54) is 69.9 Å². The van der Waals surface area contributed by atoms with Crippen LogP contribution in [0.1, 0.15) is 87.8 Å². The van der Waals surface area contributed by atoms with Gasteiger partial charge in [0.05, 0.1) is 5.56 Å². The van der Waals surface area contributed by atoms with E-state index in [4.69, 9.17) is 0 Å². The summed E-state index contributed by atoms with van der Waals surface area (Å²) < 4.78 is 99.3. The summed E-state index contributed by atoms with van der Waals surface area (Å²) in [4.78, 5) is 0. The first-order valence-corrected chi connectivity index (χ1v) is 13.7. The molecule has 2 fully saturated rings. The Morgan fingerprint density at radius 3 is 1.71 bits per heavy atom. The number of alkyl halides is 5. The number of hydrogen-bond donors (Lipinski definition) is 0. The fraction of sp³-hybridized carbons (Fsp3) is 0.600. The molecule has 2 aromatic carbocycles. The molecule has 0 heterocycles. The lowest BCUT2D eigenvalue weighted by molar-refractivity contribution is -0.186. The lowest BCUT2D eigenvalue weighted by Crippen LogP contribution is -2.25. The molecule has 0 amide bonds. The van der Waals surface area contributed by atoms with Gasteiger partial charge in [0.15, 0.2) is 0 Å². The minimum absolute atomic E-state index is 0.0504. The van der Waals surface area contributed by atoms with Crippen molar-refractivity contribution in [2.24, 2.45) is 23.7 Å². The molecule has 0 aromatic heterocycles. The summed E-state index contributed by atoms with van der Waals surface area (Å²) in [6.07, 6.45) is 4.13. The van der Waals surface area contributed by atoms with Gasteiger partial charge in [-0.3, -0.25) is 0 Å². The van der Waals surface area contributed by atoms with E-state index in [0.29, 0.717) is 5.92 Å². The molecule has 0 spiro atoms. The summed E-state index contributed by atoms with van der Waals surface area (Å²) >= 11 is 0. The largest absolute Gasteiger partial charge is 0.429 e. The molecule has 0 N–H and O–H groups in total. The van der Waals surface area contributed by atoms with Crippen LogP contribution in [-0.2, 0) is 18.7 Å². The Kier molecular flexibility index (Phi) is 8.98. The van der Waals surface area contributed by atoms with Crippen molar-refractivity contribution < 1.29 is 35.5 Å². The first-order chi connectivity index (χ1) is 18.0. The van der Waals surface area contributed by atoms with Gasteiger partial charge in [-0.05, 0) is 92.0 Å². The summed E-state index contributed by atoms with van der Waals surface area (Å²) in [6.45, 7) is 2.29. The maximum absolute atomic E-state index is 14.5. The number of hydrogen-bond acceptors (Lipinski definition) is 1. The molecule has 2 saturated carbocycles. The third-order valence-electron chi connectivity index (χ3n) is 8.70. The molecule has 0 unspecified atom stereocenters. The van der Waals surface area contributed by atoms with E-state index in [-0.39, 0.29) is 17.9 Å². The number of rotatable bonds is 8. The molecule has 2 aliphatic carbocycles. The van der Waals surface area contributed by atoms with Gasteiger partial charge < -0.3 is 4.74 Å². The van der Waals surface area contributed by atoms with E-state index >= 15 is 0 Å². The van der Waals surface area contributed by atoms with Crippen molar-refractivity contribution in [3.8, 4) is 5.75 Å². The van der Waals surface area contributed by atoms with E-state index < -0.39 is 35.0 Å². The molecule has 210 valence electrons. The second kappa shape index (κ2) is 11.9. The summed E-state index contributed by atoms with van der Waals surface area (Å²) in [5, 5.41) is 0. The number of benzene rings is 2. The molecule has 8 heteroatoms. The van der Waals surface area contributed by atoms with Gasteiger partial charge in [0.1, 0.15) is 22.9 Å². The standard InChI is InChI=1S/C30H35F7O/c1-2-19-5-11-22(12-6-19)23-13-7-20(8-14-23)3-4-21-9-15-25(16-10-21)38-30(36,37)24-17-26(31)28(27(32)18-24)29(33,34)35/h9-10,15-20,22-23H,2-8,11-14H2,1H3. The van der Waals surface area contributed by atoms with Crippen LogP contribution in [0.25, 0.3) is 0 Å². The Morgan fingerprint density at radius 2 is 1.24 bits per heavy atom. The minimum Gasteiger partial charge on any atom is -0.429 e. The van der Waals surface area contributed by atoms with Gasteiger partial charge in [-0.2, -0.15) is 22.0 Å². The predicted octanol–water partition coefficient (Wildman–Crippen LogP) is 10.1. The highest BCUT2D eigenvalue weighted by Gasteiger charge is 2.42. The van der Waals surface area contributed by atoms with Crippen LogP contribution in [0.5, 0.6) is 5.75 Å². The molecular formula is C30H35F7O. The van der Waals surface area contributed by atoms with Crippen molar-refractivity contribution in [2.75, 3.05) is 0 Å². The van der Waals surface area contributed by atoms with Crippen LogP contribution in [0.4, 0.5) is 30.7 Å². The maximum atomic E-state index is 14.5. The zero-order valence-electron chi connectivity index (χ0n) is 21.6. The Hall–Kier alpha value is -2.25. The highest BCUT2D eigenvalue weighted by Crippen LogP contribution is 2.43. The van der Waals surface area contributed by atoms with Gasteiger partial charge in [0.25, 0.3) is 0 Å². The number of aryl methyl sites for hydroxylation is 1. The van der Waals surface area contributed by atoms with E-state index in [9.17, 15) is 30.7 Å². The zero-order valence-corrected chi connectivity index (χ0v) is 21.6. The highest BCUT2D eigenvalue weighted by molar-refractivity contribution is 5.32. The summed E-state index contributed by atoms with van der Waals surface area (Å²) in [5.74, 6) is -1.18. The topological polar surface area (TPSA) is 9.23 Å². The zero-order chi connectivity index (χ0) is 27.5. The van der Waals surface area contributed by atoms with Crippen molar-refractivity contribution in [1.29, 1.82) is 0 Å². The first kappa shape index (κ1) is 28.8. The van der Waals surface area contributed by atoms with Crippen LogP contribution in [0.2, 0.25) is 0 Å². The smallest absolute Gasteiger partial charge is 0.426 e. The molecule has 1 nitrogen and oxygen atoms in total. The number of halogens is 7. The quantitative estimate of drug-likeness (QED) is 0.301. The second-order valence-electron chi connectivity index (χ2n) is 11.1. The SMILES string of the molecule is CCC1CCC(C2CCC(CCc3ccc(OC(F)(F)c4cc(F)c(C(F)(F)F)c(F)c4)cc3)CC2)CC1. The molecule has 0 atom stereocenters. The van der Waals surface area contributed by atoms with Gasteiger partial charge >= 0.3 is 12.3 Å². The third kappa shape index (κ3) is 7.03. The molecule has 2 aromatic rings. The van der Waals surface area contributed by atoms with Crippen LogP contribution >= 0.6 is 0 Å². The fourth-order valence-corrected chi connectivity index (χ4v) is 6.33. The summed E-state index contributed by atoms with van der Waals surface area (Å²) in [5.41, 5.74) is -2.58. The molecule has 38 heavy (non-hydrogen) atoms. The molecular weight excluding hydrogens is 509 g/mol. The van der Waals surface area contributed by atoms with Crippen molar-refractivity contribution in [3.63, 3.8) is 0 Å². The van der Waals surface area contributed by atoms with Gasteiger partial charge in [-0.15, -0.1) is 0 Å². The van der Waals surface area contributed by atoms with Crippen LogP contribution < -0.4 is 4.74 Å². The lowest BCUT2D eigenvalue weighted by Gasteiger charge is -2.37. The van der Waals surface area contributed by atoms with Gasteiger partial charge in [0.2, 0.25) is 0 Å². The van der Waals surface area contributed by atoms with Crippen LogP contribution in [-0.4, -0.2) is 0 Å². The molecule has 0 saturated heterocycles. The Labute approximate surface area is 219 Å². The van der Waals surface area contributed by atoms with Gasteiger partial charge in [-0.1, -0.05) is 51.2 Å². The van der Waals surface area contributed by atoms with Crippen molar-refractivity contribution in [2.45, 2.75) is 89.8 Å². The number of ether oxygens (including phenoxy) is 1. The monoisotopic (exact) mass is 544 g/mol. The lowest BCUT2D eigenvalue weighted by atomic mass is 9.68. The minimum atomic E-state index is -5.34. The Balaban J connectivity index is 1.26. The second-order valence-corrected chi connectivity index (χ2v) is 11.1. The van der Waals surface area contributed by atoms with E-state index in [1.54, 1.807) is 12.1 Å². The van der Waals surface area contributed by atoms with E-state index in [0.717, 1.165) is 36.2 Å². The van der Waals surface area contributed by atoms with Crippen LogP contribution in [0.15, 0.2) is 36.4 Å². The fourth-order valence-electron chi connectivity index (χ4n) is 6.33. The first-order valence-electron chi connectivity index (χ1n) is 13.7. The van der Waals surface area contributed by atoms with Crippen LogP contribution in [0.3, 0.4) is 0 Å². The predicted molar refractivity (Wildman–Crippen MR) is 132 cm³/mol. The van der Waals surface area contributed by atoms with Crippen molar-refractivity contribution in [1.82, 2.24) is 0 Å². The van der Waals surface area contributed by atoms with Gasteiger partial charge in [0, 0.05) is 0 Å². The van der Waals surface area contributed by atoms with Crippen LogP contribution in [0, 0.1) is 35.3 Å². The van der Waals surface area contributed by atoms with Crippen molar-refractivity contribution in [3.05, 3.63) is 64.7 Å². The molecule has 0 aliphatic heterocycles. The Morgan fingerprint density at radius 1 is 0.737 bits per heavy atom. The average molecular weight is 545 g/mol. The summed E-state index contributed by atoms with van der Waals surface area (Å²) in [6, 6.07) is 5.90. The molecule has 4 rings (SSSR count). The highest BCUT2D eigenvalue weighted by atomic mass is 19.4. The molecule has 2 aliphatic rings. The van der Waals surface area contributed by atoms with Gasteiger partial charge in [-0.25, -0.2) is 8.78 Å². The maximum Gasteiger partial charge on any atom is 0.426 e. The van der Waals surface area contributed by atoms with E-state index in [2.05, 4.69) is 11.7 Å². The van der Waals surface area contributed by atoms with Crippen molar-refractivity contribution >= 4 is 0 Å². The normalized spacial score (nSPS) is 24.8. The third-order valence-corrected chi connectivity index (χ3v) is 8.70.